The first-order valence-electron chi connectivity index (χ1n) is 9.05. The molecule has 0 heterocycles. The first-order valence-corrected chi connectivity index (χ1v) is 9.43. The number of carboxylic acid groups (broad SMARTS) is 1. The summed E-state index contributed by atoms with van der Waals surface area (Å²) >= 11 is 6.11. The molecule has 146 valence electrons. The molecule has 3 aromatic carbocycles. The van der Waals surface area contributed by atoms with Crippen molar-refractivity contribution in [1.29, 1.82) is 0 Å². The largest absolute Gasteiger partial charge is 0.479 e. The lowest BCUT2D eigenvalue weighted by Crippen LogP contribution is -2.41. The van der Waals surface area contributed by atoms with Crippen LogP contribution in [-0.2, 0) is 9.53 Å². The number of aliphatic carboxylic acids is 1. The normalized spacial score (nSPS) is 13.3. The number of carbonyl (C=O) groups excluding carboxylic acids is 1. The molecule has 0 fully saturated rings. The molecule has 4 rings (SSSR count). The molecule has 1 amide bonds. The highest BCUT2D eigenvalue weighted by atomic mass is 35.5. The Morgan fingerprint density at radius 3 is 2.07 bits per heavy atom. The molecule has 1 N–H and O–H groups in total. The fraction of sp³-hybridized carbons (Fsp3) is 0.130. The predicted octanol–water partition coefficient (Wildman–Crippen LogP) is 5.30. The Morgan fingerprint density at radius 2 is 1.55 bits per heavy atom. The summed E-state index contributed by atoms with van der Waals surface area (Å²) in [5.41, 5.74) is 4.05. The molecule has 0 aromatic heterocycles. The number of fused-ring (bicyclic) bond motifs is 3. The first-order chi connectivity index (χ1) is 14.0. The second-order valence-electron chi connectivity index (χ2n) is 6.75. The number of benzene rings is 3. The Balaban J connectivity index is 1.94. The van der Waals surface area contributed by atoms with Gasteiger partial charge in [0.25, 0.3) is 0 Å². The van der Waals surface area contributed by atoms with Crippen LogP contribution in [0, 0.1) is 0 Å². The van der Waals surface area contributed by atoms with E-state index in [2.05, 4.69) is 0 Å². The van der Waals surface area contributed by atoms with Gasteiger partial charge in [0.15, 0.2) is 6.04 Å². The summed E-state index contributed by atoms with van der Waals surface area (Å²) in [5, 5.41) is 10.5. The number of amides is 1. The molecule has 0 bridgehead atoms. The number of hydrogen-bond acceptors (Lipinski definition) is 3. The standard InChI is InChI=1S/C23H18ClNO4/c1-29-23(28)25(20(22(26)27)14-7-6-8-15(24)13-14)21-18-11-4-2-9-16(18)17-10-3-5-12-19(17)21/h2-13,20-21H,1H3,(H,26,27)/t20-/m0/s1. The maximum absolute atomic E-state index is 12.9. The van der Waals surface area contributed by atoms with Crippen LogP contribution in [0.5, 0.6) is 0 Å². The molecule has 1 atom stereocenters. The molecule has 1 aliphatic carbocycles. The van der Waals surface area contributed by atoms with Crippen molar-refractivity contribution in [3.8, 4) is 11.1 Å². The van der Waals surface area contributed by atoms with Gasteiger partial charge in [0, 0.05) is 5.02 Å². The number of ether oxygens (including phenoxy) is 1. The van der Waals surface area contributed by atoms with Crippen LogP contribution in [0.25, 0.3) is 11.1 Å². The highest BCUT2D eigenvalue weighted by Crippen LogP contribution is 2.48. The zero-order chi connectivity index (χ0) is 20.5. The Kier molecular flexibility index (Phi) is 4.99. The lowest BCUT2D eigenvalue weighted by molar-refractivity contribution is -0.143. The van der Waals surface area contributed by atoms with Crippen LogP contribution >= 0.6 is 11.6 Å². The molecule has 0 radical (unpaired) electrons. The Morgan fingerprint density at radius 1 is 0.966 bits per heavy atom. The number of carboxylic acids is 1. The van der Waals surface area contributed by atoms with E-state index in [4.69, 9.17) is 16.3 Å². The van der Waals surface area contributed by atoms with Gasteiger partial charge in [-0.05, 0) is 39.9 Å². The van der Waals surface area contributed by atoms with Crippen LogP contribution in [0.1, 0.15) is 28.8 Å². The van der Waals surface area contributed by atoms with Crippen molar-refractivity contribution in [3.63, 3.8) is 0 Å². The number of nitrogens with zero attached hydrogens (tertiary/aromatic N) is 1. The van der Waals surface area contributed by atoms with E-state index in [0.717, 1.165) is 22.3 Å². The minimum Gasteiger partial charge on any atom is -0.479 e. The lowest BCUT2D eigenvalue weighted by Gasteiger charge is -2.34. The molecule has 0 saturated carbocycles. The van der Waals surface area contributed by atoms with E-state index in [1.54, 1.807) is 24.3 Å². The van der Waals surface area contributed by atoms with Crippen molar-refractivity contribution in [2.75, 3.05) is 7.11 Å². The third kappa shape index (κ3) is 3.23. The number of halogens is 1. The SMILES string of the molecule is COC(=O)N(C1c2ccccc2-c2ccccc21)[C@H](C(=O)O)c1cccc(Cl)c1. The van der Waals surface area contributed by atoms with Crippen LogP contribution in [0.4, 0.5) is 4.79 Å². The van der Waals surface area contributed by atoms with Gasteiger partial charge in [-0.1, -0.05) is 72.3 Å². The quantitative estimate of drug-likeness (QED) is 0.636. The van der Waals surface area contributed by atoms with Crippen molar-refractivity contribution < 1.29 is 19.4 Å². The molecule has 0 saturated heterocycles. The van der Waals surface area contributed by atoms with Crippen molar-refractivity contribution in [2.45, 2.75) is 12.1 Å². The van der Waals surface area contributed by atoms with Gasteiger partial charge in [0.2, 0.25) is 0 Å². The van der Waals surface area contributed by atoms with E-state index >= 15 is 0 Å². The molecule has 0 spiro atoms. The number of hydrogen-bond donors (Lipinski definition) is 1. The van der Waals surface area contributed by atoms with Crippen LogP contribution in [0.3, 0.4) is 0 Å². The lowest BCUT2D eigenvalue weighted by atomic mass is 9.98. The smallest absolute Gasteiger partial charge is 0.411 e. The molecule has 5 nitrogen and oxygen atoms in total. The zero-order valence-electron chi connectivity index (χ0n) is 15.6. The summed E-state index contributed by atoms with van der Waals surface area (Å²) in [6, 6.07) is 20.0. The van der Waals surface area contributed by atoms with Gasteiger partial charge in [-0.15, -0.1) is 0 Å². The van der Waals surface area contributed by atoms with Gasteiger partial charge < -0.3 is 9.84 Å². The Hall–Kier alpha value is -3.31. The van der Waals surface area contributed by atoms with Gasteiger partial charge >= 0.3 is 12.1 Å². The maximum Gasteiger partial charge on any atom is 0.411 e. The number of methoxy groups -OCH3 is 1. The summed E-state index contributed by atoms with van der Waals surface area (Å²) in [7, 11) is 1.25. The molecule has 6 heteroatoms. The van der Waals surface area contributed by atoms with Crippen molar-refractivity contribution in [1.82, 2.24) is 4.90 Å². The summed E-state index contributed by atoms with van der Waals surface area (Å²) in [6.07, 6.45) is -0.728. The summed E-state index contributed by atoms with van der Waals surface area (Å²) in [4.78, 5) is 26.6. The van der Waals surface area contributed by atoms with E-state index in [1.807, 2.05) is 48.5 Å². The molecule has 3 aromatic rings. The third-order valence-corrected chi connectivity index (χ3v) is 5.38. The van der Waals surface area contributed by atoms with Crippen LogP contribution < -0.4 is 0 Å². The molecule has 1 aliphatic rings. The third-order valence-electron chi connectivity index (χ3n) is 5.14. The maximum atomic E-state index is 12.9. The fourth-order valence-electron chi connectivity index (χ4n) is 3.99. The van der Waals surface area contributed by atoms with E-state index in [9.17, 15) is 14.7 Å². The van der Waals surface area contributed by atoms with Gasteiger partial charge in [-0.3, -0.25) is 4.90 Å². The number of carbonyl (C=O) groups is 2. The summed E-state index contributed by atoms with van der Waals surface area (Å²) in [6.45, 7) is 0. The van der Waals surface area contributed by atoms with Crippen LogP contribution in [0.2, 0.25) is 5.02 Å². The van der Waals surface area contributed by atoms with Gasteiger partial charge in [-0.2, -0.15) is 0 Å². The Bertz CT molecular complexity index is 1050. The topological polar surface area (TPSA) is 66.8 Å². The van der Waals surface area contributed by atoms with E-state index in [-0.39, 0.29) is 0 Å². The van der Waals surface area contributed by atoms with Gasteiger partial charge in [-0.25, -0.2) is 9.59 Å². The molecule has 29 heavy (non-hydrogen) atoms. The molecular formula is C23H18ClNO4. The average molecular weight is 408 g/mol. The minimum atomic E-state index is -1.27. The second-order valence-corrected chi connectivity index (χ2v) is 7.19. The fourth-order valence-corrected chi connectivity index (χ4v) is 4.19. The summed E-state index contributed by atoms with van der Waals surface area (Å²) in [5.74, 6) is -1.17. The zero-order valence-corrected chi connectivity index (χ0v) is 16.3. The number of rotatable bonds is 4. The first kappa shape index (κ1) is 19.0. The van der Waals surface area contributed by atoms with Crippen LogP contribution in [0.15, 0.2) is 72.8 Å². The van der Waals surface area contributed by atoms with Gasteiger partial charge in [0.05, 0.1) is 13.2 Å². The predicted molar refractivity (Wildman–Crippen MR) is 110 cm³/mol. The van der Waals surface area contributed by atoms with Gasteiger partial charge in [0.1, 0.15) is 0 Å². The van der Waals surface area contributed by atoms with Crippen molar-refractivity contribution >= 4 is 23.7 Å². The molecule has 0 aliphatic heterocycles. The second kappa shape index (κ2) is 7.60. The van der Waals surface area contributed by atoms with Crippen molar-refractivity contribution in [3.05, 3.63) is 94.5 Å². The average Bonchev–Trinajstić information content (AvgIpc) is 3.05. The highest BCUT2D eigenvalue weighted by Gasteiger charge is 2.42. The highest BCUT2D eigenvalue weighted by molar-refractivity contribution is 6.30. The van der Waals surface area contributed by atoms with Crippen molar-refractivity contribution in [2.24, 2.45) is 0 Å². The van der Waals surface area contributed by atoms with E-state index < -0.39 is 24.1 Å². The molecular weight excluding hydrogens is 390 g/mol. The van der Waals surface area contributed by atoms with Crippen LogP contribution in [-0.4, -0.2) is 29.2 Å². The van der Waals surface area contributed by atoms with E-state index in [1.165, 1.54) is 12.0 Å². The minimum absolute atomic E-state index is 0.394. The monoisotopic (exact) mass is 407 g/mol. The molecule has 0 unspecified atom stereocenters. The summed E-state index contributed by atoms with van der Waals surface area (Å²) < 4.78 is 5.03. The van der Waals surface area contributed by atoms with E-state index in [0.29, 0.717) is 10.6 Å². The Labute approximate surface area is 173 Å².